The summed E-state index contributed by atoms with van der Waals surface area (Å²) in [5.74, 6) is -0.0808. The number of rotatable bonds is 10. The number of unbranched alkanes of at least 4 members (excludes halogenated alkanes) is 2. The summed E-state index contributed by atoms with van der Waals surface area (Å²) in [5, 5.41) is 6.01. The second-order valence-corrected chi connectivity index (χ2v) is 7.92. The zero-order chi connectivity index (χ0) is 21.2. The first-order valence-corrected chi connectivity index (χ1v) is 11.2. The fourth-order valence-corrected chi connectivity index (χ4v) is 3.85. The van der Waals surface area contributed by atoms with Gasteiger partial charge in [-0.25, -0.2) is 0 Å². The predicted molar refractivity (Wildman–Crippen MR) is 123 cm³/mol. The SMILES string of the molecule is CCCCCC(=O)Nc1ccc(N2CCCC2)c(C(=O)NCCc2ccccc2)c1. The van der Waals surface area contributed by atoms with Crippen LogP contribution in [0.15, 0.2) is 48.5 Å². The maximum atomic E-state index is 13.0. The van der Waals surface area contributed by atoms with Crippen LogP contribution in [0.1, 0.15) is 61.4 Å². The average molecular weight is 408 g/mol. The van der Waals surface area contributed by atoms with E-state index in [1.54, 1.807) is 0 Å². The predicted octanol–water partition coefficient (Wildman–Crippen LogP) is 4.78. The fourth-order valence-electron chi connectivity index (χ4n) is 3.85. The molecule has 5 nitrogen and oxygen atoms in total. The Kier molecular flexibility index (Phi) is 8.30. The minimum absolute atomic E-state index is 0.00723. The van der Waals surface area contributed by atoms with Crippen molar-refractivity contribution in [3.63, 3.8) is 0 Å². The van der Waals surface area contributed by atoms with E-state index < -0.39 is 0 Å². The first-order chi connectivity index (χ1) is 14.7. The van der Waals surface area contributed by atoms with E-state index in [9.17, 15) is 9.59 Å². The molecule has 2 aromatic carbocycles. The van der Waals surface area contributed by atoms with Crippen molar-refractivity contribution < 1.29 is 9.59 Å². The largest absolute Gasteiger partial charge is 0.371 e. The highest BCUT2D eigenvalue weighted by molar-refractivity contribution is 6.02. The van der Waals surface area contributed by atoms with E-state index in [2.05, 4.69) is 34.6 Å². The van der Waals surface area contributed by atoms with E-state index in [1.165, 1.54) is 5.56 Å². The van der Waals surface area contributed by atoms with Crippen molar-refractivity contribution in [2.75, 3.05) is 29.9 Å². The van der Waals surface area contributed by atoms with E-state index in [1.807, 2.05) is 36.4 Å². The van der Waals surface area contributed by atoms with Gasteiger partial charge in [-0.2, -0.15) is 0 Å². The smallest absolute Gasteiger partial charge is 0.253 e. The molecule has 0 aromatic heterocycles. The Labute approximate surface area is 179 Å². The highest BCUT2D eigenvalue weighted by Crippen LogP contribution is 2.27. The molecule has 30 heavy (non-hydrogen) atoms. The molecule has 2 amide bonds. The zero-order valence-corrected chi connectivity index (χ0v) is 18.0. The third-order valence-electron chi connectivity index (χ3n) is 5.52. The van der Waals surface area contributed by atoms with Crippen LogP contribution in [-0.2, 0) is 11.2 Å². The molecule has 1 heterocycles. The Bertz CT molecular complexity index is 830. The number of nitrogens with zero attached hydrogens (tertiary/aromatic N) is 1. The monoisotopic (exact) mass is 407 g/mol. The summed E-state index contributed by atoms with van der Waals surface area (Å²) < 4.78 is 0. The number of anilines is 2. The van der Waals surface area contributed by atoms with Crippen molar-refractivity contribution in [3.8, 4) is 0 Å². The van der Waals surface area contributed by atoms with E-state index in [0.29, 0.717) is 24.2 Å². The Morgan fingerprint density at radius 1 is 1.00 bits per heavy atom. The van der Waals surface area contributed by atoms with Crippen LogP contribution in [0.5, 0.6) is 0 Å². The molecule has 1 saturated heterocycles. The molecule has 0 unspecified atom stereocenters. The van der Waals surface area contributed by atoms with Crippen molar-refractivity contribution in [2.24, 2.45) is 0 Å². The van der Waals surface area contributed by atoms with Gasteiger partial charge in [-0.05, 0) is 49.4 Å². The second-order valence-electron chi connectivity index (χ2n) is 7.92. The normalized spacial score (nSPS) is 13.3. The van der Waals surface area contributed by atoms with E-state index in [4.69, 9.17) is 0 Å². The molecule has 160 valence electrons. The van der Waals surface area contributed by atoms with Crippen LogP contribution in [0, 0.1) is 0 Å². The standard InChI is InChI=1S/C25H33N3O2/c1-2-3-5-12-24(29)27-21-13-14-23(28-17-8-9-18-28)22(19-21)25(30)26-16-15-20-10-6-4-7-11-20/h4,6-7,10-11,13-14,19H,2-3,5,8-9,12,15-18H2,1H3,(H,26,30)(H,27,29). The Hall–Kier alpha value is -2.82. The first-order valence-electron chi connectivity index (χ1n) is 11.2. The van der Waals surface area contributed by atoms with Gasteiger partial charge in [0.05, 0.1) is 5.56 Å². The lowest BCUT2D eigenvalue weighted by Crippen LogP contribution is -2.29. The van der Waals surface area contributed by atoms with Crippen LogP contribution in [0.25, 0.3) is 0 Å². The fraction of sp³-hybridized carbons (Fsp3) is 0.440. The second kappa shape index (κ2) is 11.4. The zero-order valence-electron chi connectivity index (χ0n) is 18.0. The van der Waals surface area contributed by atoms with Crippen molar-refractivity contribution in [3.05, 3.63) is 59.7 Å². The van der Waals surface area contributed by atoms with Gasteiger partial charge < -0.3 is 15.5 Å². The maximum absolute atomic E-state index is 13.0. The van der Waals surface area contributed by atoms with Gasteiger partial charge in [0.25, 0.3) is 5.91 Å². The molecular weight excluding hydrogens is 374 g/mol. The summed E-state index contributed by atoms with van der Waals surface area (Å²) in [6.45, 7) is 4.63. The van der Waals surface area contributed by atoms with Gasteiger partial charge in [0, 0.05) is 37.4 Å². The lowest BCUT2D eigenvalue weighted by atomic mass is 10.1. The molecule has 5 heteroatoms. The number of hydrogen-bond donors (Lipinski definition) is 2. The highest BCUT2D eigenvalue weighted by Gasteiger charge is 2.20. The van der Waals surface area contributed by atoms with Crippen LogP contribution in [0.4, 0.5) is 11.4 Å². The molecular formula is C25H33N3O2. The Morgan fingerprint density at radius 3 is 2.50 bits per heavy atom. The van der Waals surface area contributed by atoms with Crippen LogP contribution in [0.3, 0.4) is 0 Å². The first kappa shape index (κ1) is 21.9. The Balaban J connectivity index is 1.68. The number of carbonyl (C=O) groups excluding carboxylic acids is 2. The van der Waals surface area contributed by atoms with E-state index in [-0.39, 0.29) is 11.8 Å². The quantitative estimate of drug-likeness (QED) is 0.557. The summed E-state index contributed by atoms with van der Waals surface area (Å²) in [6, 6.07) is 15.8. The molecule has 0 saturated carbocycles. The topological polar surface area (TPSA) is 61.4 Å². The summed E-state index contributed by atoms with van der Waals surface area (Å²) in [6.07, 6.45) is 6.62. The maximum Gasteiger partial charge on any atom is 0.253 e. The molecule has 1 aliphatic rings. The van der Waals surface area contributed by atoms with Crippen molar-refractivity contribution in [1.29, 1.82) is 0 Å². The van der Waals surface area contributed by atoms with Crippen LogP contribution >= 0.6 is 0 Å². The average Bonchev–Trinajstić information content (AvgIpc) is 3.29. The molecule has 3 rings (SSSR count). The third kappa shape index (κ3) is 6.34. The van der Waals surface area contributed by atoms with Crippen LogP contribution in [0.2, 0.25) is 0 Å². The molecule has 0 radical (unpaired) electrons. The van der Waals surface area contributed by atoms with E-state index in [0.717, 1.165) is 57.3 Å². The lowest BCUT2D eigenvalue weighted by molar-refractivity contribution is -0.116. The molecule has 0 bridgehead atoms. The molecule has 0 atom stereocenters. The van der Waals surface area contributed by atoms with Gasteiger partial charge in [-0.1, -0.05) is 50.1 Å². The number of nitrogens with one attached hydrogen (secondary N) is 2. The van der Waals surface area contributed by atoms with Crippen LogP contribution in [-0.4, -0.2) is 31.4 Å². The minimum Gasteiger partial charge on any atom is -0.371 e. The number of hydrogen-bond acceptors (Lipinski definition) is 3. The number of benzene rings is 2. The summed E-state index contributed by atoms with van der Waals surface area (Å²) in [7, 11) is 0. The van der Waals surface area contributed by atoms with Gasteiger partial charge in [-0.15, -0.1) is 0 Å². The molecule has 1 aliphatic heterocycles. The van der Waals surface area contributed by atoms with Gasteiger partial charge in [0.1, 0.15) is 0 Å². The molecule has 0 aliphatic carbocycles. The lowest BCUT2D eigenvalue weighted by Gasteiger charge is -2.22. The number of amides is 2. The molecule has 2 N–H and O–H groups in total. The Morgan fingerprint density at radius 2 is 1.77 bits per heavy atom. The van der Waals surface area contributed by atoms with Gasteiger partial charge in [0.15, 0.2) is 0 Å². The summed E-state index contributed by atoms with van der Waals surface area (Å²) in [5.41, 5.74) is 3.48. The molecule has 2 aromatic rings. The van der Waals surface area contributed by atoms with Gasteiger partial charge >= 0.3 is 0 Å². The van der Waals surface area contributed by atoms with Gasteiger partial charge in [0.2, 0.25) is 5.91 Å². The minimum atomic E-state index is -0.0880. The summed E-state index contributed by atoms with van der Waals surface area (Å²) >= 11 is 0. The molecule has 0 spiro atoms. The van der Waals surface area contributed by atoms with Crippen molar-refractivity contribution >= 4 is 23.2 Å². The summed E-state index contributed by atoms with van der Waals surface area (Å²) in [4.78, 5) is 27.5. The molecule has 1 fully saturated rings. The highest BCUT2D eigenvalue weighted by atomic mass is 16.2. The van der Waals surface area contributed by atoms with Crippen molar-refractivity contribution in [1.82, 2.24) is 5.32 Å². The van der Waals surface area contributed by atoms with Gasteiger partial charge in [-0.3, -0.25) is 9.59 Å². The third-order valence-corrected chi connectivity index (χ3v) is 5.52. The number of carbonyl (C=O) groups is 2. The van der Waals surface area contributed by atoms with Crippen molar-refractivity contribution in [2.45, 2.75) is 51.9 Å². The van der Waals surface area contributed by atoms with Crippen LogP contribution < -0.4 is 15.5 Å². The van der Waals surface area contributed by atoms with E-state index >= 15 is 0 Å².